The summed E-state index contributed by atoms with van der Waals surface area (Å²) in [6, 6.07) is 1.61. The summed E-state index contributed by atoms with van der Waals surface area (Å²) in [6.07, 6.45) is 4.68. The lowest BCUT2D eigenvalue weighted by Crippen LogP contribution is -2.32. The lowest BCUT2D eigenvalue weighted by atomic mass is 9.80. The summed E-state index contributed by atoms with van der Waals surface area (Å²) >= 11 is 0. The Morgan fingerprint density at radius 2 is 2.24 bits per heavy atom. The Kier molecular flexibility index (Phi) is 3.43. The number of hydrogen-bond acceptors (Lipinski definition) is 2. The van der Waals surface area contributed by atoms with Crippen LogP contribution < -0.4 is 5.73 Å². The monoisotopic (exact) mass is 240 g/mol. The molecular weight excluding hydrogens is 222 g/mol. The highest BCUT2D eigenvalue weighted by molar-refractivity contribution is 5.20. The molecule has 0 spiro atoms. The van der Waals surface area contributed by atoms with Crippen molar-refractivity contribution in [3.63, 3.8) is 0 Å². The zero-order chi connectivity index (χ0) is 12.5. The van der Waals surface area contributed by atoms with Gasteiger partial charge in [-0.2, -0.15) is 0 Å². The molecule has 0 bridgehead atoms. The van der Waals surface area contributed by atoms with Gasteiger partial charge in [0.25, 0.3) is 0 Å². The van der Waals surface area contributed by atoms with Crippen LogP contribution in [-0.2, 0) is 0 Å². The molecule has 0 amide bonds. The summed E-state index contributed by atoms with van der Waals surface area (Å²) in [7, 11) is 0. The molecule has 1 fully saturated rings. The minimum absolute atomic E-state index is 0.00227. The topological polar surface area (TPSA) is 38.9 Å². The maximum Gasteiger partial charge on any atom is 0.248 e. The molecule has 4 heteroatoms. The van der Waals surface area contributed by atoms with Crippen LogP contribution in [0.2, 0.25) is 0 Å². The number of aryl methyl sites for hydroxylation is 1. The van der Waals surface area contributed by atoms with Crippen molar-refractivity contribution in [3.8, 4) is 0 Å². The Balaban J connectivity index is 2.12. The molecule has 94 valence electrons. The molecule has 0 aromatic carbocycles. The summed E-state index contributed by atoms with van der Waals surface area (Å²) in [4.78, 5) is 4.07. The number of hydrogen-bond donors (Lipinski definition) is 1. The van der Waals surface area contributed by atoms with Gasteiger partial charge in [0.1, 0.15) is 0 Å². The van der Waals surface area contributed by atoms with E-state index in [1.807, 2.05) is 13.0 Å². The van der Waals surface area contributed by atoms with Crippen LogP contribution in [0.3, 0.4) is 0 Å². The molecule has 2 rings (SSSR count). The smallest absolute Gasteiger partial charge is 0.248 e. The Labute approximate surface area is 100 Å². The average Bonchev–Trinajstić information content (AvgIpc) is 2.26. The minimum Gasteiger partial charge on any atom is -0.324 e. The van der Waals surface area contributed by atoms with Gasteiger partial charge >= 0.3 is 0 Å². The maximum atomic E-state index is 13.3. The minimum atomic E-state index is -2.54. The number of nitrogens with two attached hydrogens (primary N) is 1. The molecule has 2 N–H and O–H groups in total. The molecule has 2 nitrogen and oxygen atoms in total. The van der Waals surface area contributed by atoms with Gasteiger partial charge in [0.15, 0.2) is 0 Å². The lowest BCUT2D eigenvalue weighted by Gasteiger charge is -2.32. The quantitative estimate of drug-likeness (QED) is 0.862. The predicted octanol–water partition coefficient (Wildman–Crippen LogP) is 3.22. The molecule has 0 radical (unpaired) electrons. The molecule has 1 aromatic rings. The summed E-state index contributed by atoms with van der Waals surface area (Å²) in [6.45, 7) is 1.93. The number of halogens is 2. The number of aromatic nitrogens is 1. The molecular formula is C13H18F2N2. The van der Waals surface area contributed by atoms with Crippen molar-refractivity contribution in [3.05, 3.63) is 29.6 Å². The Morgan fingerprint density at radius 1 is 1.47 bits per heavy atom. The van der Waals surface area contributed by atoms with Crippen LogP contribution in [0.25, 0.3) is 0 Å². The third kappa shape index (κ3) is 3.00. The average molecular weight is 240 g/mol. The van der Waals surface area contributed by atoms with Gasteiger partial charge in [-0.25, -0.2) is 8.78 Å². The first-order valence-corrected chi connectivity index (χ1v) is 6.03. The van der Waals surface area contributed by atoms with E-state index in [4.69, 9.17) is 5.73 Å². The van der Waals surface area contributed by atoms with Crippen LogP contribution in [0, 0.1) is 12.8 Å². The summed E-state index contributed by atoms with van der Waals surface area (Å²) in [5.74, 6) is -2.68. The Bertz CT molecular complexity index is 393. The van der Waals surface area contributed by atoms with E-state index in [9.17, 15) is 8.78 Å². The van der Waals surface area contributed by atoms with E-state index < -0.39 is 5.92 Å². The fraction of sp³-hybridized carbons (Fsp3) is 0.615. The van der Waals surface area contributed by atoms with Crippen LogP contribution in [0.4, 0.5) is 8.78 Å². The van der Waals surface area contributed by atoms with Crippen molar-refractivity contribution in [1.29, 1.82) is 0 Å². The van der Waals surface area contributed by atoms with Crippen molar-refractivity contribution in [2.45, 2.75) is 44.6 Å². The summed E-state index contributed by atoms with van der Waals surface area (Å²) in [5, 5.41) is 0. The SMILES string of the molecule is Cc1cncc(C(N)C2CCCC(F)(F)C2)c1. The van der Waals surface area contributed by atoms with E-state index >= 15 is 0 Å². The lowest BCUT2D eigenvalue weighted by molar-refractivity contribution is -0.0563. The molecule has 17 heavy (non-hydrogen) atoms. The first kappa shape index (κ1) is 12.4. The van der Waals surface area contributed by atoms with Crippen LogP contribution in [0.1, 0.15) is 42.9 Å². The number of alkyl halides is 2. The van der Waals surface area contributed by atoms with Crippen molar-refractivity contribution >= 4 is 0 Å². The molecule has 2 atom stereocenters. The first-order chi connectivity index (χ1) is 7.98. The van der Waals surface area contributed by atoms with Gasteiger partial charge in [-0.05, 0) is 36.8 Å². The van der Waals surface area contributed by atoms with E-state index in [1.54, 1.807) is 12.4 Å². The molecule has 1 aromatic heterocycles. The molecule has 1 aliphatic rings. The number of nitrogens with zero attached hydrogens (tertiary/aromatic N) is 1. The zero-order valence-electron chi connectivity index (χ0n) is 10.00. The van der Waals surface area contributed by atoms with Crippen molar-refractivity contribution in [2.24, 2.45) is 11.7 Å². The molecule has 1 heterocycles. The number of rotatable bonds is 2. The van der Waals surface area contributed by atoms with Gasteiger partial charge in [0.05, 0.1) is 0 Å². The largest absolute Gasteiger partial charge is 0.324 e. The molecule has 1 aliphatic carbocycles. The normalized spacial score (nSPS) is 25.5. The predicted molar refractivity (Wildman–Crippen MR) is 62.8 cm³/mol. The summed E-state index contributed by atoms with van der Waals surface area (Å²) < 4.78 is 26.7. The highest BCUT2D eigenvalue weighted by atomic mass is 19.3. The fourth-order valence-corrected chi connectivity index (χ4v) is 2.55. The van der Waals surface area contributed by atoms with Crippen LogP contribution in [-0.4, -0.2) is 10.9 Å². The highest BCUT2D eigenvalue weighted by Gasteiger charge is 2.38. The van der Waals surface area contributed by atoms with Crippen molar-refractivity contribution in [1.82, 2.24) is 4.98 Å². The van der Waals surface area contributed by atoms with Gasteiger partial charge < -0.3 is 5.73 Å². The third-order valence-corrected chi connectivity index (χ3v) is 3.47. The van der Waals surface area contributed by atoms with Crippen LogP contribution >= 0.6 is 0 Å². The van der Waals surface area contributed by atoms with Gasteiger partial charge in [0, 0.05) is 31.3 Å². The number of pyridine rings is 1. The first-order valence-electron chi connectivity index (χ1n) is 6.03. The molecule has 1 saturated carbocycles. The molecule has 0 saturated heterocycles. The maximum absolute atomic E-state index is 13.3. The third-order valence-electron chi connectivity index (χ3n) is 3.47. The van der Waals surface area contributed by atoms with Crippen LogP contribution in [0.15, 0.2) is 18.5 Å². The van der Waals surface area contributed by atoms with E-state index in [-0.39, 0.29) is 24.8 Å². The van der Waals surface area contributed by atoms with Gasteiger partial charge in [-0.1, -0.05) is 6.07 Å². The standard InChI is InChI=1S/C13H18F2N2/c1-9-5-11(8-17-7-9)12(16)10-3-2-4-13(14,15)6-10/h5,7-8,10,12H,2-4,6,16H2,1H3. The van der Waals surface area contributed by atoms with Crippen molar-refractivity contribution < 1.29 is 8.78 Å². The second-order valence-electron chi connectivity index (χ2n) is 5.03. The summed E-state index contributed by atoms with van der Waals surface area (Å²) in [5.41, 5.74) is 7.97. The van der Waals surface area contributed by atoms with E-state index in [1.165, 1.54) is 0 Å². The molecule has 2 unspecified atom stereocenters. The second-order valence-corrected chi connectivity index (χ2v) is 5.03. The van der Waals surface area contributed by atoms with Gasteiger partial charge in [-0.15, -0.1) is 0 Å². The van der Waals surface area contributed by atoms with Gasteiger partial charge in [-0.3, -0.25) is 4.98 Å². The molecule has 0 aliphatic heterocycles. The van der Waals surface area contributed by atoms with E-state index in [0.717, 1.165) is 17.5 Å². The Morgan fingerprint density at radius 3 is 2.88 bits per heavy atom. The van der Waals surface area contributed by atoms with Crippen LogP contribution in [0.5, 0.6) is 0 Å². The van der Waals surface area contributed by atoms with E-state index in [2.05, 4.69) is 4.98 Å². The van der Waals surface area contributed by atoms with E-state index in [0.29, 0.717) is 6.42 Å². The highest BCUT2D eigenvalue weighted by Crippen LogP contribution is 2.41. The van der Waals surface area contributed by atoms with Crippen molar-refractivity contribution in [2.75, 3.05) is 0 Å². The second kappa shape index (κ2) is 4.69. The van der Waals surface area contributed by atoms with Gasteiger partial charge in [0.2, 0.25) is 5.92 Å². The fourth-order valence-electron chi connectivity index (χ4n) is 2.55. The Hall–Kier alpha value is -1.03. The zero-order valence-corrected chi connectivity index (χ0v) is 10.00.